The number of ether oxygens (including phenoxy) is 2. The first-order chi connectivity index (χ1) is 8.35. The summed E-state index contributed by atoms with van der Waals surface area (Å²) in [5, 5.41) is 0. The lowest BCUT2D eigenvalue weighted by Crippen LogP contribution is -2.25. The third-order valence-electron chi connectivity index (χ3n) is 2.85. The zero-order valence-electron chi connectivity index (χ0n) is 11.2. The third-order valence-corrected chi connectivity index (χ3v) is 2.85. The summed E-state index contributed by atoms with van der Waals surface area (Å²) < 4.78 is 24.2. The summed E-state index contributed by atoms with van der Waals surface area (Å²) in [5.74, 6) is -0.522. The minimum Gasteiger partial charge on any atom is -0.490 e. The number of carbonyl (C=O) groups excluding carboxylic acids is 1. The quantitative estimate of drug-likeness (QED) is 0.731. The van der Waals surface area contributed by atoms with Gasteiger partial charge in [-0.2, -0.15) is 0 Å². The molecule has 18 heavy (non-hydrogen) atoms. The van der Waals surface area contributed by atoms with Crippen LogP contribution in [0.3, 0.4) is 0 Å². The fraction of sp³-hybridized carbons (Fsp3) is 0.500. The van der Waals surface area contributed by atoms with Gasteiger partial charge in [-0.1, -0.05) is 0 Å². The number of methoxy groups -OCH3 is 1. The molecule has 0 heterocycles. The molecule has 0 radical (unpaired) electrons. The molecule has 0 unspecified atom stereocenters. The van der Waals surface area contributed by atoms with Crippen LogP contribution in [0.1, 0.15) is 37.6 Å². The molecule has 0 amide bonds. The van der Waals surface area contributed by atoms with Gasteiger partial charge in [0.05, 0.1) is 12.2 Å². The normalized spacial score (nSPS) is 11.4. The zero-order valence-corrected chi connectivity index (χ0v) is 11.2. The second kappa shape index (κ2) is 5.96. The molecule has 1 rings (SSSR count). The van der Waals surface area contributed by atoms with E-state index in [9.17, 15) is 9.18 Å². The van der Waals surface area contributed by atoms with E-state index in [1.54, 1.807) is 13.2 Å². The van der Waals surface area contributed by atoms with E-state index in [4.69, 9.17) is 9.47 Å². The van der Waals surface area contributed by atoms with E-state index in [2.05, 4.69) is 0 Å². The first-order valence-corrected chi connectivity index (χ1v) is 5.84. The Morgan fingerprint density at radius 1 is 1.39 bits per heavy atom. The van der Waals surface area contributed by atoms with Gasteiger partial charge in [0.1, 0.15) is 0 Å². The van der Waals surface area contributed by atoms with Gasteiger partial charge in [0.2, 0.25) is 0 Å². The van der Waals surface area contributed by atoms with Crippen molar-refractivity contribution in [3.05, 3.63) is 29.6 Å². The number of carbonyl (C=O) groups is 1. The standard InChI is InChI=1S/C14H19FO3/c1-10(16)11-5-6-13(12(15)9-11)18-8-7-14(2,3)17-4/h5-6,9H,7-8H2,1-4H3. The summed E-state index contributed by atoms with van der Waals surface area (Å²) in [7, 11) is 1.63. The van der Waals surface area contributed by atoms with Crippen LogP contribution < -0.4 is 4.74 Å². The molecule has 0 aliphatic heterocycles. The molecule has 0 atom stereocenters. The maximum atomic E-state index is 13.6. The molecule has 0 saturated carbocycles. The highest BCUT2D eigenvalue weighted by Gasteiger charge is 2.16. The van der Waals surface area contributed by atoms with E-state index in [1.165, 1.54) is 19.1 Å². The van der Waals surface area contributed by atoms with Crippen LogP contribution in [0.25, 0.3) is 0 Å². The molecule has 0 aliphatic carbocycles. The second-order valence-electron chi connectivity index (χ2n) is 4.76. The van der Waals surface area contributed by atoms with Crippen molar-refractivity contribution in [2.45, 2.75) is 32.8 Å². The van der Waals surface area contributed by atoms with E-state index < -0.39 is 5.82 Å². The predicted molar refractivity (Wildman–Crippen MR) is 67.6 cm³/mol. The van der Waals surface area contributed by atoms with Crippen LogP contribution in [0, 0.1) is 5.82 Å². The fourth-order valence-electron chi connectivity index (χ4n) is 1.35. The molecule has 1 aromatic carbocycles. The monoisotopic (exact) mass is 254 g/mol. The smallest absolute Gasteiger partial charge is 0.165 e. The molecular formula is C14H19FO3. The minimum absolute atomic E-state index is 0.159. The van der Waals surface area contributed by atoms with Crippen LogP contribution in [0.2, 0.25) is 0 Å². The molecule has 0 spiro atoms. The Labute approximate surface area is 107 Å². The Morgan fingerprint density at radius 2 is 2.06 bits per heavy atom. The molecule has 0 N–H and O–H groups in total. The maximum Gasteiger partial charge on any atom is 0.165 e. The molecule has 0 bridgehead atoms. The Bertz CT molecular complexity index is 427. The highest BCUT2D eigenvalue weighted by Crippen LogP contribution is 2.20. The van der Waals surface area contributed by atoms with Gasteiger partial charge in [-0.05, 0) is 39.0 Å². The lowest BCUT2D eigenvalue weighted by atomic mass is 10.1. The van der Waals surface area contributed by atoms with Crippen LogP contribution in [0.5, 0.6) is 5.75 Å². The van der Waals surface area contributed by atoms with Crippen LogP contribution in [-0.2, 0) is 4.74 Å². The minimum atomic E-state index is -0.516. The largest absolute Gasteiger partial charge is 0.490 e. The highest BCUT2D eigenvalue weighted by atomic mass is 19.1. The molecule has 100 valence electrons. The van der Waals surface area contributed by atoms with Crippen molar-refractivity contribution < 1.29 is 18.7 Å². The summed E-state index contributed by atoms with van der Waals surface area (Å²) in [5.41, 5.74) is 0.0487. The van der Waals surface area contributed by atoms with Gasteiger partial charge in [-0.25, -0.2) is 4.39 Å². The van der Waals surface area contributed by atoms with Gasteiger partial charge in [0.25, 0.3) is 0 Å². The van der Waals surface area contributed by atoms with E-state index in [-0.39, 0.29) is 17.1 Å². The van der Waals surface area contributed by atoms with Crippen molar-refractivity contribution >= 4 is 5.78 Å². The van der Waals surface area contributed by atoms with E-state index in [0.717, 1.165) is 0 Å². The van der Waals surface area contributed by atoms with E-state index in [1.807, 2.05) is 13.8 Å². The molecule has 3 nitrogen and oxygen atoms in total. The number of hydrogen-bond acceptors (Lipinski definition) is 3. The Kier molecular flexibility index (Phi) is 4.84. The van der Waals surface area contributed by atoms with Gasteiger partial charge in [0.15, 0.2) is 17.3 Å². The second-order valence-corrected chi connectivity index (χ2v) is 4.76. The summed E-state index contributed by atoms with van der Waals surface area (Å²) in [6.07, 6.45) is 0.650. The number of halogens is 1. The van der Waals surface area contributed by atoms with Crippen LogP contribution >= 0.6 is 0 Å². The summed E-state index contributed by atoms with van der Waals surface area (Å²) in [4.78, 5) is 11.1. The van der Waals surface area contributed by atoms with E-state index in [0.29, 0.717) is 18.6 Å². The number of hydrogen-bond donors (Lipinski definition) is 0. The summed E-state index contributed by atoms with van der Waals surface area (Å²) in [6, 6.07) is 4.23. The SMILES string of the molecule is COC(C)(C)CCOc1ccc(C(C)=O)cc1F. The summed E-state index contributed by atoms with van der Waals surface area (Å²) >= 11 is 0. The number of benzene rings is 1. The topological polar surface area (TPSA) is 35.5 Å². The number of rotatable bonds is 6. The Hall–Kier alpha value is -1.42. The molecule has 0 aliphatic rings. The van der Waals surface area contributed by atoms with Crippen LogP contribution in [-0.4, -0.2) is 25.1 Å². The van der Waals surface area contributed by atoms with Crippen molar-refractivity contribution in [2.24, 2.45) is 0 Å². The van der Waals surface area contributed by atoms with Gasteiger partial charge in [-0.15, -0.1) is 0 Å². The molecule has 0 aromatic heterocycles. The molecule has 4 heteroatoms. The third kappa shape index (κ3) is 4.11. The number of ketones is 1. The average molecular weight is 254 g/mol. The molecule has 0 saturated heterocycles. The van der Waals surface area contributed by atoms with Crippen molar-refractivity contribution in [2.75, 3.05) is 13.7 Å². The van der Waals surface area contributed by atoms with Gasteiger partial charge in [-0.3, -0.25) is 4.79 Å². The van der Waals surface area contributed by atoms with Crippen LogP contribution in [0.4, 0.5) is 4.39 Å². The average Bonchev–Trinajstić information content (AvgIpc) is 2.31. The first-order valence-electron chi connectivity index (χ1n) is 5.84. The molecule has 0 fully saturated rings. The Balaban J connectivity index is 2.61. The first kappa shape index (κ1) is 14.6. The highest BCUT2D eigenvalue weighted by molar-refractivity contribution is 5.94. The Morgan fingerprint density at radius 3 is 2.56 bits per heavy atom. The lowest BCUT2D eigenvalue weighted by molar-refractivity contribution is 0.00514. The number of Topliss-reactive ketones (excluding diaryl/α,β-unsaturated/α-hetero) is 1. The van der Waals surface area contributed by atoms with Crippen molar-refractivity contribution in [3.63, 3.8) is 0 Å². The van der Waals surface area contributed by atoms with Crippen LogP contribution in [0.15, 0.2) is 18.2 Å². The molecular weight excluding hydrogens is 235 g/mol. The maximum absolute atomic E-state index is 13.6. The zero-order chi connectivity index (χ0) is 13.8. The lowest BCUT2D eigenvalue weighted by Gasteiger charge is -2.22. The van der Waals surface area contributed by atoms with Crippen molar-refractivity contribution in [1.29, 1.82) is 0 Å². The van der Waals surface area contributed by atoms with Crippen molar-refractivity contribution in [3.8, 4) is 5.75 Å². The summed E-state index contributed by atoms with van der Waals surface area (Å²) in [6.45, 7) is 5.63. The van der Waals surface area contributed by atoms with Gasteiger partial charge < -0.3 is 9.47 Å². The van der Waals surface area contributed by atoms with Gasteiger partial charge in [0, 0.05) is 19.1 Å². The molecule has 1 aromatic rings. The van der Waals surface area contributed by atoms with E-state index >= 15 is 0 Å². The van der Waals surface area contributed by atoms with Crippen molar-refractivity contribution in [1.82, 2.24) is 0 Å². The fourth-order valence-corrected chi connectivity index (χ4v) is 1.35. The predicted octanol–water partition coefficient (Wildman–Crippen LogP) is 3.22. The van der Waals surface area contributed by atoms with Gasteiger partial charge >= 0.3 is 0 Å².